The predicted octanol–water partition coefficient (Wildman–Crippen LogP) is 3.04. The monoisotopic (exact) mass is 380 g/mol. The zero-order chi connectivity index (χ0) is 18.7. The Morgan fingerprint density at radius 3 is 2.73 bits per heavy atom. The molecule has 1 heterocycles. The number of hydrogen-bond donors (Lipinski definition) is 1. The number of likely N-dealkylation sites (tertiary alicyclic amines) is 1. The van der Waals surface area contributed by atoms with Crippen LogP contribution in [-0.4, -0.2) is 39.5 Å². The normalized spacial score (nSPS) is 18.3. The van der Waals surface area contributed by atoms with E-state index in [1.807, 2.05) is 12.1 Å². The van der Waals surface area contributed by atoms with Crippen molar-refractivity contribution in [2.24, 2.45) is 0 Å². The summed E-state index contributed by atoms with van der Waals surface area (Å²) in [5, 5.41) is 0. The quantitative estimate of drug-likeness (QED) is 0.838. The summed E-state index contributed by atoms with van der Waals surface area (Å²) in [5.41, 5.74) is 2.60. The van der Waals surface area contributed by atoms with Gasteiger partial charge in [0.05, 0.1) is 0 Å². The second-order valence-corrected chi connectivity index (χ2v) is 8.35. The molecule has 1 saturated heterocycles. The highest BCUT2D eigenvalue weighted by Gasteiger charge is 2.25. The van der Waals surface area contributed by atoms with E-state index in [1.54, 1.807) is 0 Å². The average Bonchev–Trinajstić information content (AvgIpc) is 3.06. The molecule has 2 aromatic rings. The van der Waals surface area contributed by atoms with Crippen molar-refractivity contribution in [2.45, 2.75) is 24.2 Å². The molecule has 26 heavy (non-hydrogen) atoms. The molecule has 0 amide bonds. The zero-order valence-electron chi connectivity index (χ0n) is 14.6. The Morgan fingerprint density at radius 1 is 1.19 bits per heavy atom. The van der Waals surface area contributed by atoms with Gasteiger partial charge in [0, 0.05) is 19.6 Å². The van der Waals surface area contributed by atoms with Gasteiger partial charge in [0.2, 0.25) is 10.0 Å². The van der Waals surface area contributed by atoms with Gasteiger partial charge in [-0.1, -0.05) is 24.3 Å². The smallest absolute Gasteiger partial charge is 0.243 e. The minimum Gasteiger partial charge on any atom is -0.301 e. The van der Waals surface area contributed by atoms with E-state index in [0.29, 0.717) is 18.5 Å². The molecule has 0 spiro atoms. The molecule has 1 atom stereocenters. The molecule has 0 aliphatic carbocycles. The summed E-state index contributed by atoms with van der Waals surface area (Å²) in [5.74, 6) is -1.31. The highest BCUT2D eigenvalue weighted by atomic mass is 32.2. The first kappa shape index (κ1) is 18.9. The third-order valence-corrected chi connectivity index (χ3v) is 6.28. The van der Waals surface area contributed by atoms with Gasteiger partial charge in [0.1, 0.15) is 16.5 Å². The van der Waals surface area contributed by atoms with Crippen LogP contribution in [0, 0.1) is 18.6 Å². The van der Waals surface area contributed by atoms with Crippen LogP contribution in [0.15, 0.2) is 47.4 Å². The molecule has 2 aromatic carbocycles. The first-order chi connectivity index (χ1) is 12.4. The second kappa shape index (κ2) is 7.82. The van der Waals surface area contributed by atoms with E-state index in [4.69, 9.17) is 0 Å². The zero-order valence-corrected chi connectivity index (χ0v) is 15.4. The predicted molar refractivity (Wildman–Crippen MR) is 96.5 cm³/mol. The third-order valence-electron chi connectivity index (χ3n) is 4.80. The minimum absolute atomic E-state index is 0.152. The molecule has 1 aliphatic heterocycles. The maximum atomic E-state index is 13.7. The molecule has 7 heteroatoms. The van der Waals surface area contributed by atoms with Crippen LogP contribution >= 0.6 is 0 Å². The first-order valence-corrected chi connectivity index (χ1v) is 10.1. The van der Waals surface area contributed by atoms with Crippen LogP contribution in [-0.2, 0) is 10.0 Å². The lowest BCUT2D eigenvalue weighted by molar-refractivity contribution is 0.339. The van der Waals surface area contributed by atoms with Crippen LogP contribution in [0.1, 0.15) is 23.5 Å². The lowest BCUT2D eigenvalue weighted by atomic mass is 9.94. The standard InChI is InChI=1S/C19H22F2N2O2S/c1-14-4-2-3-5-17(14)15-8-10-23(13-15)11-9-22-26(24,25)19-12-16(20)6-7-18(19)21/h2-7,12,15,22H,8-11,13H2,1H3/t15-/m1/s1. The number of nitrogens with zero attached hydrogens (tertiary/aromatic N) is 1. The number of rotatable bonds is 6. The molecule has 0 radical (unpaired) electrons. The van der Waals surface area contributed by atoms with Crippen molar-refractivity contribution < 1.29 is 17.2 Å². The fraction of sp³-hybridized carbons (Fsp3) is 0.368. The van der Waals surface area contributed by atoms with E-state index in [1.165, 1.54) is 11.1 Å². The van der Waals surface area contributed by atoms with E-state index >= 15 is 0 Å². The van der Waals surface area contributed by atoms with Crippen LogP contribution in [0.2, 0.25) is 0 Å². The molecule has 140 valence electrons. The molecule has 1 aliphatic rings. The van der Waals surface area contributed by atoms with Gasteiger partial charge in [-0.2, -0.15) is 0 Å². The van der Waals surface area contributed by atoms with E-state index in [2.05, 4.69) is 28.7 Å². The van der Waals surface area contributed by atoms with Crippen molar-refractivity contribution in [3.8, 4) is 0 Å². The summed E-state index contributed by atoms with van der Waals surface area (Å²) in [6, 6.07) is 10.7. The molecule has 4 nitrogen and oxygen atoms in total. The van der Waals surface area contributed by atoms with E-state index in [9.17, 15) is 17.2 Å². The number of nitrogens with one attached hydrogen (secondary N) is 1. The fourth-order valence-corrected chi connectivity index (χ4v) is 4.54. The minimum atomic E-state index is -4.07. The van der Waals surface area contributed by atoms with Gasteiger partial charge >= 0.3 is 0 Å². The van der Waals surface area contributed by atoms with Crippen molar-refractivity contribution >= 4 is 10.0 Å². The maximum Gasteiger partial charge on any atom is 0.243 e. The first-order valence-electron chi connectivity index (χ1n) is 8.59. The summed E-state index contributed by atoms with van der Waals surface area (Å²) in [7, 11) is -4.07. The summed E-state index contributed by atoms with van der Waals surface area (Å²) in [6.45, 7) is 4.52. The Labute approximate surface area is 152 Å². The Bertz CT molecular complexity index is 887. The molecule has 0 unspecified atom stereocenters. The molecule has 0 bridgehead atoms. The van der Waals surface area contributed by atoms with Gasteiger partial charge in [-0.05, 0) is 55.1 Å². The van der Waals surface area contributed by atoms with Crippen molar-refractivity contribution in [3.63, 3.8) is 0 Å². The Hall–Kier alpha value is -1.83. The van der Waals surface area contributed by atoms with Crippen molar-refractivity contribution in [1.29, 1.82) is 0 Å². The van der Waals surface area contributed by atoms with Crippen molar-refractivity contribution in [2.75, 3.05) is 26.2 Å². The van der Waals surface area contributed by atoms with Crippen LogP contribution in [0.3, 0.4) is 0 Å². The van der Waals surface area contributed by atoms with Gasteiger partial charge in [-0.3, -0.25) is 0 Å². The maximum absolute atomic E-state index is 13.7. The van der Waals surface area contributed by atoms with Crippen molar-refractivity contribution in [3.05, 3.63) is 65.2 Å². The van der Waals surface area contributed by atoms with Gasteiger partial charge < -0.3 is 4.90 Å². The summed E-state index contributed by atoms with van der Waals surface area (Å²) in [4.78, 5) is 1.53. The van der Waals surface area contributed by atoms with Gasteiger partial charge in [-0.15, -0.1) is 0 Å². The van der Waals surface area contributed by atoms with Crippen molar-refractivity contribution in [1.82, 2.24) is 9.62 Å². The Morgan fingerprint density at radius 2 is 1.96 bits per heavy atom. The molecule has 0 aromatic heterocycles. The van der Waals surface area contributed by atoms with E-state index in [0.717, 1.165) is 31.6 Å². The highest BCUT2D eigenvalue weighted by Crippen LogP contribution is 2.29. The van der Waals surface area contributed by atoms with E-state index in [-0.39, 0.29) is 6.54 Å². The number of benzene rings is 2. The topological polar surface area (TPSA) is 49.4 Å². The third kappa shape index (κ3) is 4.28. The number of aryl methyl sites for hydroxylation is 1. The lowest BCUT2D eigenvalue weighted by Gasteiger charge is -2.17. The molecule has 1 fully saturated rings. The lowest BCUT2D eigenvalue weighted by Crippen LogP contribution is -2.34. The molecule has 0 saturated carbocycles. The average molecular weight is 380 g/mol. The van der Waals surface area contributed by atoms with Gasteiger partial charge in [0.25, 0.3) is 0 Å². The van der Waals surface area contributed by atoms with Crippen LogP contribution in [0.25, 0.3) is 0 Å². The number of sulfonamides is 1. The van der Waals surface area contributed by atoms with E-state index < -0.39 is 26.6 Å². The SMILES string of the molecule is Cc1ccccc1[C@@H]1CCN(CCNS(=O)(=O)c2cc(F)ccc2F)C1. The van der Waals surface area contributed by atoms with Crippen LogP contribution < -0.4 is 4.72 Å². The van der Waals surface area contributed by atoms with Gasteiger partial charge in [-0.25, -0.2) is 21.9 Å². The largest absolute Gasteiger partial charge is 0.301 e. The number of hydrogen-bond acceptors (Lipinski definition) is 3. The molecule has 3 rings (SSSR count). The van der Waals surface area contributed by atoms with Gasteiger partial charge in [0.15, 0.2) is 0 Å². The summed E-state index contributed by atoms with van der Waals surface area (Å²) < 4.78 is 53.6. The second-order valence-electron chi connectivity index (χ2n) is 6.62. The summed E-state index contributed by atoms with van der Waals surface area (Å²) in [6.07, 6.45) is 1.02. The Kier molecular flexibility index (Phi) is 5.70. The fourth-order valence-electron chi connectivity index (χ4n) is 3.43. The highest BCUT2D eigenvalue weighted by molar-refractivity contribution is 7.89. The molecular formula is C19H22F2N2O2S. The summed E-state index contributed by atoms with van der Waals surface area (Å²) >= 11 is 0. The Balaban J connectivity index is 1.56. The molecule has 1 N–H and O–H groups in total. The molecular weight excluding hydrogens is 358 g/mol. The van der Waals surface area contributed by atoms with Crippen LogP contribution in [0.5, 0.6) is 0 Å². The van der Waals surface area contributed by atoms with Crippen LogP contribution in [0.4, 0.5) is 8.78 Å². The number of halogens is 2.